The summed E-state index contributed by atoms with van der Waals surface area (Å²) in [6.07, 6.45) is 1.05. The fraction of sp³-hybridized carbons (Fsp3) is 0.300. The summed E-state index contributed by atoms with van der Waals surface area (Å²) in [5.41, 5.74) is 0.302. The molecule has 0 spiro atoms. The van der Waals surface area contributed by atoms with Crippen LogP contribution in [-0.4, -0.2) is 27.8 Å². The molecule has 0 aliphatic carbocycles. The molecule has 1 aromatic rings. The molecule has 17 heavy (non-hydrogen) atoms. The van der Waals surface area contributed by atoms with Crippen LogP contribution >= 0.6 is 23.2 Å². The first-order valence-corrected chi connectivity index (χ1v) is 7.29. The molecule has 7 heteroatoms. The van der Waals surface area contributed by atoms with E-state index in [0.717, 1.165) is 6.26 Å². The van der Waals surface area contributed by atoms with Crippen LogP contribution in [0.3, 0.4) is 0 Å². The van der Waals surface area contributed by atoms with Crippen molar-refractivity contribution in [2.45, 2.75) is 10.8 Å². The Hall–Kier alpha value is -0.780. The van der Waals surface area contributed by atoms with Gasteiger partial charge in [0.25, 0.3) is 0 Å². The summed E-state index contributed by atoms with van der Waals surface area (Å²) in [6, 6.07) is 2.60. The number of sulfone groups is 1. The van der Waals surface area contributed by atoms with Crippen molar-refractivity contribution < 1.29 is 17.9 Å². The first-order valence-electron chi connectivity index (χ1n) is 4.48. The Bertz CT molecular complexity index is 552. The maximum atomic E-state index is 11.5. The highest BCUT2D eigenvalue weighted by atomic mass is 35.5. The van der Waals surface area contributed by atoms with Crippen LogP contribution in [0, 0.1) is 0 Å². The molecule has 0 saturated carbocycles. The summed E-state index contributed by atoms with van der Waals surface area (Å²) in [6.45, 7) is 0. The van der Waals surface area contributed by atoms with E-state index in [1.165, 1.54) is 19.2 Å². The molecule has 1 rings (SSSR count). The Morgan fingerprint density at radius 1 is 1.41 bits per heavy atom. The number of alkyl halides is 1. The lowest BCUT2D eigenvalue weighted by atomic mass is 10.1. The third-order valence-corrected chi connectivity index (χ3v) is 4.02. The predicted octanol–water partition coefficient (Wildman–Crippen LogP) is 2.27. The van der Waals surface area contributed by atoms with Crippen LogP contribution in [0.1, 0.15) is 15.9 Å². The van der Waals surface area contributed by atoms with Gasteiger partial charge < -0.3 is 4.74 Å². The molecule has 0 N–H and O–H groups in total. The van der Waals surface area contributed by atoms with Crippen molar-refractivity contribution >= 4 is 39.0 Å². The van der Waals surface area contributed by atoms with Crippen molar-refractivity contribution in [2.75, 3.05) is 13.4 Å². The number of ether oxygens (including phenoxy) is 1. The van der Waals surface area contributed by atoms with Gasteiger partial charge in [0.2, 0.25) is 0 Å². The molecule has 0 saturated heterocycles. The Morgan fingerprint density at radius 3 is 2.41 bits per heavy atom. The maximum absolute atomic E-state index is 11.5. The van der Waals surface area contributed by atoms with E-state index in [-0.39, 0.29) is 26.9 Å². The summed E-state index contributed by atoms with van der Waals surface area (Å²) in [5.74, 6) is -0.743. The van der Waals surface area contributed by atoms with E-state index in [9.17, 15) is 13.2 Å². The molecule has 0 fully saturated rings. The Morgan fingerprint density at radius 2 is 2.00 bits per heavy atom. The second kappa shape index (κ2) is 5.25. The topological polar surface area (TPSA) is 60.4 Å². The molecule has 0 radical (unpaired) electrons. The summed E-state index contributed by atoms with van der Waals surface area (Å²) >= 11 is 11.6. The van der Waals surface area contributed by atoms with Crippen LogP contribution in [0.15, 0.2) is 17.0 Å². The van der Waals surface area contributed by atoms with Gasteiger partial charge in [0.15, 0.2) is 9.84 Å². The van der Waals surface area contributed by atoms with Gasteiger partial charge >= 0.3 is 5.97 Å². The number of halogens is 2. The molecule has 0 aliphatic rings. The average molecular weight is 297 g/mol. The molecular formula is C10H10Cl2O4S. The molecule has 0 aromatic heterocycles. The minimum absolute atomic E-state index is 0.00905. The third-order valence-electron chi connectivity index (χ3n) is 2.14. The van der Waals surface area contributed by atoms with E-state index < -0.39 is 15.8 Å². The summed E-state index contributed by atoms with van der Waals surface area (Å²) in [7, 11) is -2.23. The number of benzene rings is 1. The predicted molar refractivity (Wildman–Crippen MR) is 65.5 cm³/mol. The van der Waals surface area contributed by atoms with Gasteiger partial charge in [0, 0.05) is 11.8 Å². The van der Waals surface area contributed by atoms with Crippen LogP contribution in [0.25, 0.3) is 0 Å². The smallest absolute Gasteiger partial charge is 0.339 e. The number of esters is 1. The standard InChI is InChI=1S/C10H10Cl2O4S/c1-16-10(13)6-3-4-8(17(2,14)15)7(5-11)9(6)12/h3-4H,5H2,1-2H3. The lowest BCUT2D eigenvalue weighted by molar-refractivity contribution is 0.0600. The quantitative estimate of drug-likeness (QED) is 0.634. The molecule has 1 aromatic carbocycles. The summed E-state index contributed by atoms with van der Waals surface area (Å²) in [4.78, 5) is 11.4. The third kappa shape index (κ3) is 2.91. The molecular weight excluding hydrogens is 287 g/mol. The van der Waals surface area contributed by atoms with Gasteiger partial charge in [-0.15, -0.1) is 11.6 Å². The zero-order valence-corrected chi connectivity index (χ0v) is 11.5. The monoisotopic (exact) mass is 296 g/mol. The van der Waals surface area contributed by atoms with E-state index in [0.29, 0.717) is 0 Å². The van der Waals surface area contributed by atoms with Crippen molar-refractivity contribution in [1.29, 1.82) is 0 Å². The molecule has 0 atom stereocenters. The van der Waals surface area contributed by atoms with Crippen LogP contribution < -0.4 is 0 Å². The van der Waals surface area contributed by atoms with Crippen LogP contribution in [0.4, 0.5) is 0 Å². The van der Waals surface area contributed by atoms with Crippen molar-refractivity contribution in [1.82, 2.24) is 0 Å². The van der Waals surface area contributed by atoms with Crippen LogP contribution in [-0.2, 0) is 20.5 Å². The van der Waals surface area contributed by atoms with Gasteiger partial charge in [0.05, 0.1) is 28.5 Å². The fourth-order valence-electron chi connectivity index (χ4n) is 1.34. The Balaban J connectivity index is 3.54. The van der Waals surface area contributed by atoms with E-state index in [1.807, 2.05) is 0 Å². The van der Waals surface area contributed by atoms with E-state index in [4.69, 9.17) is 23.2 Å². The first-order chi connectivity index (χ1) is 7.82. The van der Waals surface area contributed by atoms with Gasteiger partial charge in [-0.05, 0) is 12.1 Å². The number of carbonyl (C=O) groups excluding carboxylic acids is 1. The van der Waals surface area contributed by atoms with Crippen molar-refractivity contribution in [3.05, 3.63) is 28.3 Å². The van der Waals surface area contributed by atoms with Crippen LogP contribution in [0.5, 0.6) is 0 Å². The Labute approximate surface area is 109 Å². The number of methoxy groups -OCH3 is 1. The lowest BCUT2D eigenvalue weighted by Gasteiger charge is -2.10. The molecule has 0 aliphatic heterocycles. The highest BCUT2D eigenvalue weighted by Crippen LogP contribution is 2.29. The van der Waals surface area contributed by atoms with E-state index in [1.54, 1.807) is 0 Å². The molecule has 0 unspecified atom stereocenters. The largest absolute Gasteiger partial charge is 0.465 e. The number of carbonyl (C=O) groups is 1. The maximum Gasteiger partial charge on any atom is 0.339 e. The summed E-state index contributed by atoms with van der Waals surface area (Å²) in [5, 5.41) is 0.00905. The number of rotatable bonds is 3. The second-order valence-electron chi connectivity index (χ2n) is 3.30. The molecule has 0 amide bonds. The number of hydrogen-bond acceptors (Lipinski definition) is 4. The molecule has 0 heterocycles. The van der Waals surface area contributed by atoms with Crippen molar-refractivity contribution in [3.8, 4) is 0 Å². The second-order valence-corrected chi connectivity index (χ2v) is 5.93. The van der Waals surface area contributed by atoms with Gasteiger partial charge in [-0.1, -0.05) is 11.6 Å². The summed E-state index contributed by atoms with van der Waals surface area (Å²) < 4.78 is 27.5. The zero-order valence-electron chi connectivity index (χ0n) is 9.16. The van der Waals surface area contributed by atoms with E-state index in [2.05, 4.69) is 4.74 Å². The minimum Gasteiger partial charge on any atom is -0.465 e. The van der Waals surface area contributed by atoms with Gasteiger partial charge in [0.1, 0.15) is 0 Å². The van der Waals surface area contributed by atoms with Crippen molar-refractivity contribution in [3.63, 3.8) is 0 Å². The number of hydrogen-bond donors (Lipinski definition) is 0. The first kappa shape index (κ1) is 14.3. The zero-order chi connectivity index (χ0) is 13.2. The molecule has 94 valence electrons. The fourth-order valence-corrected chi connectivity index (χ4v) is 3.07. The van der Waals surface area contributed by atoms with Gasteiger partial charge in [-0.3, -0.25) is 0 Å². The normalized spacial score (nSPS) is 11.3. The SMILES string of the molecule is COC(=O)c1ccc(S(C)(=O)=O)c(CCl)c1Cl. The van der Waals surface area contributed by atoms with E-state index >= 15 is 0 Å². The lowest BCUT2D eigenvalue weighted by Crippen LogP contribution is -2.08. The van der Waals surface area contributed by atoms with Gasteiger partial charge in [-0.2, -0.15) is 0 Å². The highest BCUT2D eigenvalue weighted by Gasteiger charge is 2.21. The van der Waals surface area contributed by atoms with Gasteiger partial charge in [-0.25, -0.2) is 13.2 Å². The Kier molecular flexibility index (Phi) is 4.41. The highest BCUT2D eigenvalue weighted by molar-refractivity contribution is 7.90. The average Bonchev–Trinajstić information content (AvgIpc) is 2.26. The minimum atomic E-state index is -3.44. The van der Waals surface area contributed by atoms with Crippen molar-refractivity contribution in [2.24, 2.45) is 0 Å². The molecule has 4 nitrogen and oxygen atoms in total. The molecule has 0 bridgehead atoms. The van der Waals surface area contributed by atoms with Crippen LogP contribution in [0.2, 0.25) is 5.02 Å².